The number of para-hydroxylation sites is 3. The van der Waals surface area contributed by atoms with E-state index in [1.165, 1.54) is 0 Å². The fraction of sp³-hybridized carbons (Fsp3) is 0. The molecule has 0 saturated carbocycles. The quantitative estimate of drug-likeness (QED) is 0.162. The summed E-state index contributed by atoms with van der Waals surface area (Å²) in [5.74, 6) is 3.16. The summed E-state index contributed by atoms with van der Waals surface area (Å²) in [5, 5.41) is 5.70. The number of rotatable bonds is 6. The fourth-order valence-electron chi connectivity index (χ4n) is 8.71. The van der Waals surface area contributed by atoms with Crippen molar-refractivity contribution in [1.82, 2.24) is 29.9 Å². The average Bonchev–Trinajstić information content (AvgIpc) is 4.05. The molecule has 9 nitrogen and oxygen atoms in total. The summed E-state index contributed by atoms with van der Waals surface area (Å²) >= 11 is 0. The minimum atomic E-state index is 0.507. The van der Waals surface area contributed by atoms with Gasteiger partial charge in [0.15, 0.2) is 34.9 Å². The smallest absolute Gasteiger partial charge is 0.167 e. The summed E-state index contributed by atoms with van der Waals surface area (Å²) in [6.45, 7) is 0. The van der Waals surface area contributed by atoms with Crippen molar-refractivity contribution in [1.29, 1.82) is 0 Å². The first-order chi connectivity index (χ1) is 31.2. The third-order valence-electron chi connectivity index (χ3n) is 11.6. The lowest BCUT2D eigenvalue weighted by atomic mass is 10.0. The Morgan fingerprint density at radius 2 is 0.683 bits per heavy atom. The Labute approximate surface area is 358 Å². The molecule has 5 heterocycles. The summed E-state index contributed by atoms with van der Waals surface area (Å²) in [7, 11) is 0. The summed E-state index contributed by atoms with van der Waals surface area (Å²) in [6.07, 6.45) is 0. The van der Waals surface area contributed by atoms with Crippen molar-refractivity contribution in [3.05, 3.63) is 182 Å². The van der Waals surface area contributed by atoms with Gasteiger partial charge in [-0.2, -0.15) is 0 Å². The molecule has 0 bridgehead atoms. The first-order valence-corrected chi connectivity index (χ1v) is 20.6. The van der Waals surface area contributed by atoms with Gasteiger partial charge in [0.1, 0.15) is 33.5 Å². The Morgan fingerprint density at radius 1 is 0.254 bits per heavy atom. The molecule has 0 N–H and O–H groups in total. The fourth-order valence-corrected chi connectivity index (χ4v) is 8.71. The van der Waals surface area contributed by atoms with E-state index in [0.717, 1.165) is 88.0 Å². The van der Waals surface area contributed by atoms with Crippen LogP contribution >= 0.6 is 0 Å². The molecule has 0 unspecified atom stereocenters. The Bertz CT molecular complexity index is 3930. The molecule has 0 radical (unpaired) electrons. The minimum Gasteiger partial charge on any atom is -0.456 e. The molecule has 0 aliphatic carbocycles. The van der Waals surface area contributed by atoms with E-state index < -0.39 is 0 Å². The topological polar surface area (TPSA) is 117 Å². The van der Waals surface area contributed by atoms with Crippen LogP contribution in [0.1, 0.15) is 0 Å². The first-order valence-electron chi connectivity index (χ1n) is 20.6. The predicted octanol–water partition coefficient (Wildman–Crippen LogP) is 13.8. The standard InChI is InChI=1S/C54H30N6O3/c1-3-14-31(15-4-1)49-55-51(59-54(58-49)39-23-11-20-35-34-18-7-9-24-41(34)63-48(35)39)33-28-29-43-40(30-33)47-38(22-13-27-45(47)62-43)53-57-50(32-16-5-2-6-17-32)56-52(60-53)37-21-12-26-44-46(37)36-19-8-10-25-42(36)61-44/h1-30H. The lowest BCUT2D eigenvalue weighted by Gasteiger charge is -2.10. The largest absolute Gasteiger partial charge is 0.456 e. The third kappa shape index (κ3) is 5.71. The van der Waals surface area contributed by atoms with Crippen molar-refractivity contribution in [2.45, 2.75) is 0 Å². The van der Waals surface area contributed by atoms with Gasteiger partial charge < -0.3 is 13.3 Å². The van der Waals surface area contributed by atoms with E-state index in [4.69, 9.17) is 43.2 Å². The number of nitrogens with zero attached hydrogens (tertiary/aromatic N) is 6. The van der Waals surface area contributed by atoms with E-state index >= 15 is 0 Å². The predicted molar refractivity (Wildman–Crippen MR) is 248 cm³/mol. The third-order valence-corrected chi connectivity index (χ3v) is 11.6. The molecule has 13 rings (SSSR count). The van der Waals surface area contributed by atoms with Gasteiger partial charge in [0.25, 0.3) is 0 Å². The van der Waals surface area contributed by atoms with Crippen molar-refractivity contribution in [3.63, 3.8) is 0 Å². The summed E-state index contributed by atoms with van der Waals surface area (Å²) in [5.41, 5.74) is 9.45. The number of furan rings is 3. The lowest BCUT2D eigenvalue weighted by Crippen LogP contribution is -2.01. The maximum absolute atomic E-state index is 6.54. The van der Waals surface area contributed by atoms with Crippen LogP contribution in [-0.4, -0.2) is 29.9 Å². The van der Waals surface area contributed by atoms with Crippen LogP contribution in [0.4, 0.5) is 0 Å². The van der Waals surface area contributed by atoms with E-state index in [1.54, 1.807) is 0 Å². The highest BCUT2D eigenvalue weighted by atomic mass is 16.3. The zero-order valence-corrected chi connectivity index (χ0v) is 33.2. The maximum atomic E-state index is 6.54. The van der Waals surface area contributed by atoms with Gasteiger partial charge in [-0.3, -0.25) is 0 Å². The lowest BCUT2D eigenvalue weighted by molar-refractivity contribution is 0.668. The normalized spacial score (nSPS) is 11.8. The molecule has 9 heteroatoms. The maximum Gasteiger partial charge on any atom is 0.167 e. The molecule has 5 aromatic heterocycles. The molecule has 0 aliphatic rings. The molecule has 0 atom stereocenters. The van der Waals surface area contributed by atoms with Gasteiger partial charge in [0, 0.05) is 60.1 Å². The zero-order chi connectivity index (χ0) is 41.4. The Hall–Kier alpha value is -8.82. The Balaban J connectivity index is 1.02. The second kappa shape index (κ2) is 13.9. The molecule has 0 fully saturated rings. The van der Waals surface area contributed by atoms with E-state index in [9.17, 15) is 0 Å². The average molecular weight is 811 g/mol. The van der Waals surface area contributed by atoms with E-state index in [0.29, 0.717) is 46.1 Å². The molecule has 294 valence electrons. The van der Waals surface area contributed by atoms with E-state index in [2.05, 4.69) is 24.3 Å². The highest BCUT2D eigenvalue weighted by molar-refractivity contribution is 6.14. The van der Waals surface area contributed by atoms with E-state index in [-0.39, 0.29) is 0 Å². The summed E-state index contributed by atoms with van der Waals surface area (Å²) < 4.78 is 19.3. The van der Waals surface area contributed by atoms with Crippen molar-refractivity contribution < 1.29 is 13.3 Å². The van der Waals surface area contributed by atoms with Crippen molar-refractivity contribution in [2.24, 2.45) is 0 Å². The van der Waals surface area contributed by atoms with Crippen molar-refractivity contribution in [3.8, 4) is 68.3 Å². The van der Waals surface area contributed by atoms with Crippen LogP contribution in [-0.2, 0) is 0 Å². The molecular weight excluding hydrogens is 781 g/mol. The van der Waals surface area contributed by atoms with Gasteiger partial charge in [-0.1, -0.05) is 133 Å². The minimum absolute atomic E-state index is 0.507. The molecule has 0 aliphatic heterocycles. The highest BCUT2D eigenvalue weighted by Crippen LogP contribution is 2.41. The monoisotopic (exact) mass is 810 g/mol. The zero-order valence-electron chi connectivity index (χ0n) is 33.2. The van der Waals surface area contributed by atoms with Crippen LogP contribution in [0.15, 0.2) is 195 Å². The number of benzene rings is 8. The van der Waals surface area contributed by atoms with Gasteiger partial charge in [-0.05, 0) is 48.5 Å². The van der Waals surface area contributed by atoms with Crippen LogP contribution < -0.4 is 0 Å². The van der Waals surface area contributed by atoms with Gasteiger partial charge >= 0.3 is 0 Å². The molecule has 63 heavy (non-hydrogen) atoms. The molecule has 0 amide bonds. The van der Waals surface area contributed by atoms with Gasteiger partial charge in [-0.15, -0.1) is 0 Å². The number of hydrogen-bond acceptors (Lipinski definition) is 9. The molecule has 0 spiro atoms. The highest BCUT2D eigenvalue weighted by Gasteiger charge is 2.22. The number of aromatic nitrogens is 6. The van der Waals surface area contributed by atoms with Crippen LogP contribution in [0.25, 0.3) is 134 Å². The van der Waals surface area contributed by atoms with Crippen molar-refractivity contribution in [2.75, 3.05) is 0 Å². The van der Waals surface area contributed by atoms with Crippen LogP contribution in [0.3, 0.4) is 0 Å². The van der Waals surface area contributed by atoms with Crippen LogP contribution in [0, 0.1) is 0 Å². The second-order valence-electron chi connectivity index (χ2n) is 15.4. The second-order valence-corrected chi connectivity index (χ2v) is 15.4. The van der Waals surface area contributed by atoms with Gasteiger partial charge in [-0.25, -0.2) is 29.9 Å². The molecule has 13 aromatic rings. The van der Waals surface area contributed by atoms with Gasteiger partial charge in [0.2, 0.25) is 0 Å². The molecule has 0 saturated heterocycles. The first kappa shape index (κ1) is 35.0. The number of fused-ring (bicyclic) bond motifs is 9. The molecular formula is C54H30N6O3. The Morgan fingerprint density at radius 3 is 1.33 bits per heavy atom. The molecule has 8 aromatic carbocycles. The van der Waals surface area contributed by atoms with Crippen LogP contribution in [0.2, 0.25) is 0 Å². The summed E-state index contributed by atoms with van der Waals surface area (Å²) in [4.78, 5) is 30.8. The van der Waals surface area contributed by atoms with Crippen LogP contribution in [0.5, 0.6) is 0 Å². The summed E-state index contributed by atoms with van der Waals surface area (Å²) in [6, 6.07) is 60.1. The Kier molecular flexibility index (Phi) is 7.70. The SMILES string of the molecule is c1ccc(-c2nc(-c3ccc4oc5cccc(-c6nc(-c7ccccc7)nc(-c7cccc8oc9ccccc9c78)n6)c5c4c3)nc(-c3cccc4c3oc3ccccc34)n2)cc1. The van der Waals surface area contributed by atoms with E-state index in [1.807, 2.05) is 158 Å². The van der Waals surface area contributed by atoms with Crippen molar-refractivity contribution >= 4 is 65.8 Å². The van der Waals surface area contributed by atoms with Gasteiger partial charge in [0.05, 0.1) is 5.56 Å². The number of hydrogen-bond donors (Lipinski definition) is 0.